The summed E-state index contributed by atoms with van der Waals surface area (Å²) in [6, 6.07) is 21.3. The third kappa shape index (κ3) is 4.07. The molecule has 0 spiro atoms. The first kappa shape index (κ1) is 20.2. The summed E-state index contributed by atoms with van der Waals surface area (Å²) in [6.07, 6.45) is 0.193. The molecule has 0 saturated heterocycles. The van der Waals surface area contributed by atoms with Crippen molar-refractivity contribution in [3.8, 4) is 16.3 Å². The van der Waals surface area contributed by atoms with Gasteiger partial charge in [0.05, 0.1) is 15.9 Å². The van der Waals surface area contributed by atoms with Crippen LogP contribution in [-0.4, -0.2) is 29.9 Å². The van der Waals surface area contributed by atoms with Crippen LogP contribution in [0, 0.1) is 6.92 Å². The van der Waals surface area contributed by atoms with Crippen LogP contribution in [0.2, 0.25) is 0 Å². The number of hydrogen-bond donors (Lipinski definition) is 1. The second-order valence-corrected chi connectivity index (χ2v) is 8.70. The van der Waals surface area contributed by atoms with Crippen LogP contribution >= 0.6 is 11.3 Å². The lowest BCUT2D eigenvalue weighted by molar-refractivity contribution is -0.121. The van der Waals surface area contributed by atoms with Crippen molar-refractivity contribution < 1.29 is 14.3 Å². The van der Waals surface area contributed by atoms with E-state index in [1.165, 1.54) is 5.56 Å². The number of ether oxygens (including phenoxy) is 1. The molecule has 1 aliphatic rings. The highest BCUT2D eigenvalue weighted by atomic mass is 32.1. The van der Waals surface area contributed by atoms with Gasteiger partial charge in [-0.3, -0.25) is 9.59 Å². The lowest BCUT2D eigenvalue weighted by atomic mass is 10.2. The molecule has 5 rings (SSSR count). The molecule has 32 heavy (non-hydrogen) atoms. The summed E-state index contributed by atoms with van der Waals surface area (Å²) in [6.45, 7) is 2.36. The van der Waals surface area contributed by atoms with Crippen LogP contribution in [0.15, 0.2) is 66.7 Å². The number of anilines is 2. The van der Waals surface area contributed by atoms with Crippen molar-refractivity contribution in [2.24, 2.45) is 0 Å². The van der Waals surface area contributed by atoms with Crippen molar-refractivity contribution in [3.63, 3.8) is 0 Å². The Hall–Kier alpha value is -3.71. The molecule has 0 atom stereocenters. The molecule has 0 bridgehead atoms. The Morgan fingerprint density at radius 2 is 1.94 bits per heavy atom. The fourth-order valence-corrected chi connectivity index (χ4v) is 4.76. The zero-order valence-electron chi connectivity index (χ0n) is 17.5. The van der Waals surface area contributed by atoms with Gasteiger partial charge in [-0.2, -0.15) is 0 Å². The SMILES string of the molecule is Cc1ccc2nc(-c3ccc(NC(=O)CCN4C(=O)COc5ccccc54)cc3)sc2c1. The van der Waals surface area contributed by atoms with E-state index in [4.69, 9.17) is 9.72 Å². The smallest absolute Gasteiger partial charge is 0.265 e. The minimum Gasteiger partial charge on any atom is -0.482 e. The van der Waals surface area contributed by atoms with Gasteiger partial charge in [0.25, 0.3) is 5.91 Å². The highest BCUT2D eigenvalue weighted by molar-refractivity contribution is 7.21. The minimum absolute atomic E-state index is 0.00850. The monoisotopic (exact) mass is 443 g/mol. The van der Waals surface area contributed by atoms with Crippen molar-refractivity contribution in [1.82, 2.24) is 4.98 Å². The first-order chi connectivity index (χ1) is 15.6. The van der Waals surface area contributed by atoms with Gasteiger partial charge in [0, 0.05) is 24.2 Å². The Bertz CT molecular complexity index is 1310. The zero-order valence-corrected chi connectivity index (χ0v) is 18.3. The number of para-hydroxylation sites is 2. The quantitative estimate of drug-likeness (QED) is 0.470. The average Bonchev–Trinajstić information content (AvgIpc) is 3.22. The number of nitrogens with one attached hydrogen (secondary N) is 1. The van der Waals surface area contributed by atoms with Crippen molar-refractivity contribution >= 4 is 44.7 Å². The van der Waals surface area contributed by atoms with E-state index in [1.807, 2.05) is 54.6 Å². The number of amides is 2. The van der Waals surface area contributed by atoms with Gasteiger partial charge in [0.1, 0.15) is 10.8 Å². The number of fused-ring (bicyclic) bond motifs is 2. The fraction of sp³-hybridized carbons (Fsp3) is 0.160. The van der Waals surface area contributed by atoms with Crippen LogP contribution in [0.3, 0.4) is 0 Å². The van der Waals surface area contributed by atoms with Gasteiger partial charge >= 0.3 is 0 Å². The van der Waals surface area contributed by atoms with Gasteiger partial charge in [-0.15, -0.1) is 11.3 Å². The first-order valence-corrected chi connectivity index (χ1v) is 11.2. The first-order valence-electron chi connectivity index (χ1n) is 10.4. The van der Waals surface area contributed by atoms with Crippen LogP contribution in [0.1, 0.15) is 12.0 Å². The predicted octanol–water partition coefficient (Wildman–Crippen LogP) is 5.03. The van der Waals surface area contributed by atoms with Gasteiger partial charge in [0.15, 0.2) is 6.61 Å². The molecule has 0 saturated carbocycles. The van der Waals surface area contributed by atoms with Crippen LogP contribution in [0.5, 0.6) is 5.75 Å². The Morgan fingerprint density at radius 3 is 2.78 bits per heavy atom. The normalized spacial score (nSPS) is 13.0. The average molecular weight is 444 g/mol. The summed E-state index contributed by atoms with van der Waals surface area (Å²) in [4.78, 5) is 31.0. The Kier molecular flexibility index (Phi) is 5.33. The molecule has 1 aliphatic heterocycles. The van der Waals surface area contributed by atoms with E-state index < -0.39 is 0 Å². The molecule has 6 nitrogen and oxygen atoms in total. The molecule has 160 valence electrons. The molecule has 0 aliphatic carbocycles. The summed E-state index contributed by atoms with van der Waals surface area (Å²) in [7, 11) is 0. The number of carbonyl (C=O) groups excluding carboxylic acids is 2. The maximum atomic E-state index is 12.5. The number of thiazole rings is 1. The predicted molar refractivity (Wildman–Crippen MR) is 127 cm³/mol. The summed E-state index contributed by atoms with van der Waals surface area (Å²) >= 11 is 1.66. The lowest BCUT2D eigenvalue weighted by Crippen LogP contribution is -2.40. The van der Waals surface area contributed by atoms with E-state index in [0.717, 1.165) is 20.8 Å². The van der Waals surface area contributed by atoms with Crippen LogP contribution in [-0.2, 0) is 9.59 Å². The molecule has 0 radical (unpaired) electrons. The largest absolute Gasteiger partial charge is 0.482 e. The van der Waals surface area contributed by atoms with Gasteiger partial charge < -0.3 is 15.0 Å². The lowest BCUT2D eigenvalue weighted by Gasteiger charge is -2.29. The van der Waals surface area contributed by atoms with Crippen LogP contribution in [0.25, 0.3) is 20.8 Å². The third-order valence-electron chi connectivity index (χ3n) is 5.33. The van der Waals surface area contributed by atoms with E-state index in [-0.39, 0.29) is 24.8 Å². The topological polar surface area (TPSA) is 71.5 Å². The third-order valence-corrected chi connectivity index (χ3v) is 6.40. The molecule has 2 heterocycles. The van der Waals surface area contributed by atoms with Gasteiger partial charge in [0.2, 0.25) is 5.91 Å². The molecule has 3 aromatic carbocycles. The molecule has 1 N–H and O–H groups in total. The molecule has 2 amide bonds. The van der Waals surface area contributed by atoms with Crippen LogP contribution < -0.4 is 15.0 Å². The minimum atomic E-state index is -0.148. The standard InChI is InChI=1S/C25H21N3O3S/c1-16-6-11-19-22(14-16)32-25(27-19)17-7-9-18(10-8-17)26-23(29)12-13-28-20-4-2-3-5-21(20)31-15-24(28)30/h2-11,14H,12-13,15H2,1H3,(H,26,29). The maximum absolute atomic E-state index is 12.5. The van der Waals surface area contributed by atoms with Gasteiger partial charge in [-0.1, -0.05) is 18.2 Å². The van der Waals surface area contributed by atoms with Crippen molar-refractivity contribution in [2.45, 2.75) is 13.3 Å². The van der Waals surface area contributed by atoms with Crippen molar-refractivity contribution in [1.29, 1.82) is 0 Å². The second-order valence-electron chi connectivity index (χ2n) is 7.67. The van der Waals surface area contributed by atoms with E-state index in [2.05, 4.69) is 24.4 Å². The number of aryl methyl sites for hydroxylation is 1. The van der Waals surface area contributed by atoms with E-state index >= 15 is 0 Å². The number of carbonyl (C=O) groups is 2. The molecular weight excluding hydrogens is 422 g/mol. The Morgan fingerprint density at radius 1 is 1.12 bits per heavy atom. The van der Waals surface area contributed by atoms with Gasteiger partial charge in [-0.05, 0) is 61.0 Å². The van der Waals surface area contributed by atoms with E-state index in [9.17, 15) is 9.59 Å². The van der Waals surface area contributed by atoms with Crippen LogP contribution in [0.4, 0.5) is 11.4 Å². The zero-order chi connectivity index (χ0) is 22.1. The Labute approximate surface area is 189 Å². The molecule has 1 aromatic heterocycles. The maximum Gasteiger partial charge on any atom is 0.265 e. The Balaban J connectivity index is 1.23. The fourth-order valence-electron chi connectivity index (χ4n) is 3.69. The number of rotatable bonds is 5. The summed E-state index contributed by atoms with van der Waals surface area (Å²) < 4.78 is 6.61. The molecular formula is C25H21N3O3S. The van der Waals surface area contributed by atoms with Crippen molar-refractivity contribution in [2.75, 3.05) is 23.4 Å². The summed E-state index contributed by atoms with van der Waals surface area (Å²) in [5.74, 6) is 0.366. The molecule has 7 heteroatoms. The van der Waals surface area contributed by atoms with E-state index in [1.54, 1.807) is 16.2 Å². The number of nitrogens with zero attached hydrogens (tertiary/aromatic N) is 2. The van der Waals surface area contributed by atoms with E-state index in [0.29, 0.717) is 23.7 Å². The van der Waals surface area contributed by atoms with Crippen molar-refractivity contribution in [3.05, 3.63) is 72.3 Å². The molecule has 4 aromatic rings. The second kappa shape index (κ2) is 8.43. The summed E-state index contributed by atoms with van der Waals surface area (Å²) in [5.41, 5.74) is 4.63. The number of benzene rings is 3. The number of aromatic nitrogens is 1. The molecule has 0 unspecified atom stereocenters. The molecule has 0 fully saturated rings. The highest BCUT2D eigenvalue weighted by Crippen LogP contribution is 2.32. The highest BCUT2D eigenvalue weighted by Gasteiger charge is 2.25. The number of hydrogen-bond acceptors (Lipinski definition) is 5. The summed E-state index contributed by atoms with van der Waals surface area (Å²) in [5, 5.41) is 3.86. The van der Waals surface area contributed by atoms with Gasteiger partial charge in [-0.25, -0.2) is 4.98 Å².